The molecular formula is C17H21NO. The highest BCUT2D eigenvalue weighted by Crippen LogP contribution is 2.43. The maximum Gasteiger partial charge on any atom is 0.0883 e. The summed E-state index contributed by atoms with van der Waals surface area (Å²) in [7, 11) is 0. The predicted molar refractivity (Wildman–Crippen MR) is 75.6 cm³/mol. The van der Waals surface area contributed by atoms with Crippen molar-refractivity contribution in [1.29, 1.82) is 0 Å². The third kappa shape index (κ3) is 1.66. The van der Waals surface area contributed by atoms with E-state index in [1.54, 1.807) is 5.70 Å². The minimum Gasteiger partial charge on any atom is -0.368 e. The number of rotatable bonds is 1. The van der Waals surface area contributed by atoms with Crippen molar-refractivity contribution in [2.24, 2.45) is 0 Å². The summed E-state index contributed by atoms with van der Waals surface area (Å²) in [6.45, 7) is 6.30. The van der Waals surface area contributed by atoms with Crippen LogP contribution in [-0.4, -0.2) is 11.4 Å². The number of ether oxygens (including phenoxy) is 1. The van der Waals surface area contributed by atoms with Gasteiger partial charge in [0.15, 0.2) is 0 Å². The zero-order chi connectivity index (χ0) is 13.0. The van der Waals surface area contributed by atoms with Gasteiger partial charge in [0.05, 0.1) is 18.2 Å². The van der Waals surface area contributed by atoms with Gasteiger partial charge in [0.1, 0.15) is 0 Å². The van der Waals surface area contributed by atoms with Crippen LogP contribution < -0.4 is 0 Å². The molecule has 0 saturated carbocycles. The van der Waals surface area contributed by atoms with Crippen molar-refractivity contribution >= 4 is 0 Å². The zero-order valence-electron chi connectivity index (χ0n) is 11.8. The summed E-state index contributed by atoms with van der Waals surface area (Å²) < 4.78 is 5.89. The summed E-state index contributed by atoms with van der Waals surface area (Å²) in [6.07, 6.45) is 6.17. The summed E-state index contributed by atoms with van der Waals surface area (Å²) in [6, 6.07) is 7.59. The van der Waals surface area contributed by atoms with Gasteiger partial charge in [0, 0.05) is 12.2 Å². The average Bonchev–Trinajstić information content (AvgIpc) is 3.03. The second-order valence-electron chi connectivity index (χ2n) is 6.45. The largest absolute Gasteiger partial charge is 0.368 e. The van der Waals surface area contributed by atoms with E-state index in [1.807, 2.05) is 0 Å². The van der Waals surface area contributed by atoms with E-state index in [2.05, 4.69) is 43.0 Å². The summed E-state index contributed by atoms with van der Waals surface area (Å²) in [5, 5.41) is 0. The molecule has 0 radical (unpaired) electrons. The van der Waals surface area contributed by atoms with Gasteiger partial charge in [-0.2, -0.15) is 0 Å². The number of fused-ring (bicyclic) bond motifs is 2. The SMILES string of the molecule is CC1(C)OCc2cc(C3CCC4=CCCN43)ccc21. The summed E-state index contributed by atoms with van der Waals surface area (Å²) in [4.78, 5) is 2.60. The van der Waals surface area contributed by atoms with Gasteiger partial charge in [-0.25, -0.2) is 0 Å². The van der Waals surface area contributed by atoms with Gasteiger partial charge >= 0.3 is 0 Å². The van der Waals surface area contributed by atoms with Crippen LogP contribution in [0.3, 0.4) is 0 Å². The minimum atomic E-state index is -0.109. The van der Waals surface area contributed by atoms with Crippen molar-refractivity contribution in [3.05, 3.63) is 46.7 Å². The molecule has 0 amide bonds. The molecule has 0 aliphatic carbocycles. The molecule has 100 valence electrons. The van der Waals surface area contributed by atoms with Gasteiger partial charge in [-0.1, -0.05) is 24.3 Å². The quantitative estimate of drug-likeness (QED) is 0.755. The topological polar surface area (TPSA) is 12.5 Å². The smallest absolute Gasteiger partial charge is 0.0883 e. The van der Waals surface area contributed by atoms with E-state index in [0.29, 0.717) is 6.04 Å². The molecule has 1 unspecified atom stereocenters. The van der Waals surface area contributed by atoms with Crippen LogP contribution in [0.4, 0.5) is 0 Å². The third-order valence-corrected chi connectivity index (χ3v) is 4.92. The van der Waals surface area contributed by atoms with Crippen LogP contribution in [0.15, 0.2) is 30.0 Å². The highest BCUT2D eigenvalue weighted by atomic mass is 16.5. The van der Waals surface area contributed by atoms with Crippen LogP contribution >= 0.6 is 0 Å². The molecule has 0 spiro atoms. The van der Waals surface area contributed by atoms with Crippen LogP contribution in [0.1, 0.15) is 55.8 Å². The maximum absolute atomic E-state index is 5.89. The molecule has 0 aromatic heterocycles. The Bertz CT molecular complexity index is 558. The first-order chi connectivity index (χ1) is 9.15. The van der Waals surface area contributed by atoms with E-state index in [9.17, 15) is 0 Å². The average molecular weight is 255 g/mol. The first-order valence-corrected chi connectivity index (χ1v) is 7.38. The molecule has 0 bridgehead atoms. The Morgan fingerprint density at radius 1 is 1.32 bits per heavy atom. The molecule has 0 N–H and O–H groups in total. The van der Waals surface area contributed by atoms with Crippen LogP contribution in [0.25, 0.3) is 0 Å². The highest BCUT2D eigenvalue weighted by molar-refractivity contribution is 5.40. The molecule has 3 aliphatic heterocycles. The highest BCUT2D eigenvalue weighted by Gasteiger charge is 2.34. The second-order valence-corrected chi connectivity index (χ2v) is 6.45. The van der Waals surface area contributed by atoms with E-state index in [-0.39, 0.29) is 5.60 Å². The normalized spacial score (nSPS) is 27.4. The molecule has 2 nitrogen and oxygen atoms in total. The standard InChI is InChI=1S/C17H21NO/c1-17(2)15-7-5-12(10-13(15)11-19-17)16-8-6-14-4-3-9-18(14)16/h4-5,7,10,16H,3,6,8-9,11H2,1-2H3. The molecule has 3 aliphatic rings. The minimum absolute atomic E-state index is 0.109. The van der Waals surface area contributed by atoms with Crippen LogP contribution in [0.5, 0.6) is 0 Å². The molecule has 4 rings (SSSR count). The van der Waals surface area contributed by atoms with Crippen LogP contribution in [0, 0.1) is 0 Å². The van der Waals surface area contributed by atoms with Gasteiger partial charge in [-0.05, 0) is 49.8 Å². The molecule has 19 heavy (non-hydrogen) atoms. The molecule has 1 aromatic carbocycles. The number of nitrogens with zero attached hydrogens (tertiary/aromatic N) is 1. The summed E-state index contributed by atoms with van der Waals surface area (Å²) in [5.74, 6) is 0. The fourth-order valence-corrected chi connectivity index (χ4v) is 3.88. The number of allylic oxidation sites excluding steroid dienone is 1. The molecule has 3 heterocycles. The second kappa shape index (κ2) is 3.86. The Morgan fingerprint density at radius 2 is 2.21 bits per heavy atom. The summed E-state index contributed by atoms with van der Waals surface area (Å²) >= 11 is 0. The van der Waals surface area contributed by atoms with E-state index in [1.165, 1.54) is 42.5 Å². The maximum atomic E-state index is 5.89. The van der Waals surface area contributed by atoms with E-state index in [0.717, 1.165) is 6.61 Å². The Balaban J connectivity index is 1.69. The van der Waals surface area contributed by atoms with Crippen LogP contribution in [0.2, 0.25) is 0 Å². The lowest BCUT2D eigenvalue weighted by atomic mass is 9.92. The zero-order valence-corrected chi connectivity index (χ0v) is 11.8. The van der Waals surface area contributed by atoms with Gasteiger partial charge in [0.25, 0.3) is 0 Å². The predicted octanol–water partition coefficient (Wildman–Crippen LogP) is 3.88. The third-order valence-electron chi connectivity index (χ3n) is 4.92. The first-order valence-electron chi connectivity index (χ1n) is 7.38. The lowest BCUT2D eigenvalue weighted by Gasteiger charge is -2.25. The van der Waals surface area contributed by atoms with E-state index < -0.39 is 0 Å². The first kappa shape index (κ1) is 11.5. The molecule has 1 fully saturated rings. The Kier molecular flexibility index (Phi) is 2.34. The molecule has 1 saturated heterocycles. The van der Waals surface area contributed by atoms with Crippen molar-refractivity contribution in [3.63, 3.8) is 0 Å². The van der Waals surface area contributed by atoms with E-state index in [4.69, 9.17) is 4.74 Å². The van der Waals surface area contributed by atoms with Gasteiger partial charge in [0.2, 0.25) is 0 Å². The van der Waals surface area contributed by atoms with Gasteiger partial charge < -0.3 is 9.64 Å². The number of benzene rings is 1. The number of hydrogen-bond donors (Lipinski definition) is 0. The van der Waals surface area contributed by atoms with Crippen LogP contribution in [-0.2, 0) is 16.9 Å². The van der Waals surface area contributed by atoms with Gasteiger partial charge in [-0.15, -0.1) is 0 Å². The number of hydrogen-bond acceptors (Lipinski definition) is 2. The van der Waals surface area contributed by atoms with Crippen molar-refractivity contribution in [1.82, 2.24) is 4.90 Å². The van der Waals surface area contributed by atoms with Crippen molar-refractivity contribution in [3.8, 4) is 0 Å². The molecule has 1 aromatic rings. The lowest BCUT2D eigenvalue weighted by Crippen LogP contribution is -2.19. The fraction of sp³-hybridized carbons (Fsp3) is 0.529. The Hall–Kier alpha value is -1.28. The van der Waals surface area contributed by atoms with Crippen molar-refractivity contribution in [2.45, 2.75) is 51.4 Å². The van der Waals surface area contributed by atoms with E-state index >= 15 is 0 Å². The fourth-order valence-electron chi connectivity index (χ4n) is 3.88. The Morgan fingerprint density at radius 3 is 3.11 bits per heavy atom. The molecular weight excluding hydrogens is 234 g/mol. The lowest BCUT2D eigenvalue weighted by molar-refractivity contribution is -0.00789. The van der Waals surface area contributed by atoms with Gasteiger partial charge in [-0.3, -0.25) is 0 Å². The monoisotopic (exact) mass is 255 g/mol. The molecule has 2 heteroatoms. The van der Waals surface area contributed by atoms with Crippen molar-refractivity contribution in [2.75, 3.05) is 6.54 Å². The summed E-state index contributed by atoms with van der Waals surface area (Å²) in [5.41, 5.74) is 5.69. The molecule has 1 atom stereocenters. The van der Waals surface area contributed by atoms with Crippen molar-refractivity contribution < 1.29 is 4.74 Å². The Labute approximate surface area is 115 Å².